The van der Waals surface area contributed by atoms with Gasteiger partial charge < -0.3 is 4.57 Å². The molecule has 2 heterocycles. The molecule has 3 N–H and O–H groups in total. The maximum Gasteiger partial charge on any atom is 0.241 e. The average molecular weight is 205 g/mol. The van der Waals surface area contributed by atoms with Crippen molar-refractivity contribution in [3.8, 4) is 0 Å². The van der Waals surface area contributed by atoms with Crippen LogP contribution in [-0.2, 0) is 18.3 Å². The minimum Gasteiger partial charge on any atom is -0.315 e. The van der Waals surface area contributed by atoms with Crippen LogP contribution in [0.2, 0.25) is 0 Å². The summed E-state index contributed by atoms with van der Waals surface area (Å²) in [6.07, 6.45) is 1.85. The van der Waals surface area contributed by atoms with Crippen LogP contribution in [0, 0.1) is 0 Å². The molecule has 6 nitrogen and oxygen atoms in total. The zero-order valence-corrected chi connectivity index (χ0v) is 8.27. The van der Waals surface area contributed by atoms with Crippen LogP contribution in [0.4, 0.5) is 0 Å². The molecule has 78 valence electrons. The van der Waals surface area contributed by atoms with Gasteiger partial charge in [-0.25, -0.2) is 15.8 Å². The predicted octanol–water partition coefficient (Wildman–Crippen LogP) is -0.499. The van der Waals surface area contributed by atoms with Crippen molar-refractivity contribution < 1.29 is 4.79 Å². The van der Waals surface area contributed by atoms with E-state index in [-0.39, 0.29) is 12.3 Å². The van der Waals surface area contributed by atoms with Gasteiger partial charge in [-0.1, -0.05) is 0 Å². The number of amides is 1. The fourth-order valence-electron chi connectivity index (χ4n) is 1.42. The van der Waals surface area contributed by atoms with Crippen LogP contribution >= 0.6 is 0 Å². The molecule has 0 saturated heterocycles. The molecule has 15 heavy (non-hydrogen) atoms. The summed E-state index contributed by atoms with van der Waals surface area (Å²) < 4.78 is 1.78. The highest BCUT2D eigenvalue weighted by atomic mass is 16.2. The van der Waals surface area contributed by atoms with E-state index in [0.717, 1.165) is 11.2 Å². The van der Waals surface area contributed by atoms with Gasteiger partial charge in [0.2, 0.25) is 5.91 Å². The highest BCUT2D eigenvalue weighted by molar-refractivity contribution is 5.79. The molecule has 2 aromatic heterocycles. The highest BCUT2D eigenvalue weighted by Crippen LogP contribution is 2.11. The van der Waals surface area contributed by atoms with Gasteiger partial charge in [0.1, 0.15) is 11.3 Å². The Morgan fingerprint density at radius 2 is 2.47 bits per heavy atom. The van der Waals surface area contributed by atoms with Crippen LogP contribution in [0.15, 0.2) is 18.3 Å². The predicted molar refractivity (Wildman–Crippen MR) is 54.5 cm³/mol. The average Bonchev–Trinajstić information content (AvgIpc) is 2.57. The summed E-state index contributed by atoms with van der Waals surface area (Å²) in [4.78, 5) is 19.6. The lowest BCUT2D eigenvalue weighted by atomic mass is 10.4. The van der Waals surface area contributed by atoms with Gasteiger partial charge in [-0.15, -0.1) is 0 Å². The van der Waals surface area contributed by atoms with E-state index < -0.39 is 0 Å². The Balaban J connectivity index is 2.44. The van der Waals surface area contributed by atoms with E-state index in [1.54, 1.807) is 10.8 Å². The first-order valence-corrected chi connectivity index (χ1v) is 4.48. The molecule has 0 aromatic carbocycles. The van der Waals surface area contributed by atoms with Gasteiger partial charge in [0, 0.05) is 13.2 Å². The summed E-state index contributed by atoms with van der Waals surface area (Å²) in [6, 6.07) is 3.66. The topological polar surface area (TPSA) is 85.8 Å². The van der Waals surface area contributed by atoms with Crippen LogP contribution in [0.1, 0.15) is 5.82 Å². The molecular weight excluding hydrogens is 194 g/mol. The number of hydrogen-bond donors (Lipinski definition) is 2. The number of pyridine rings is 1. The number of aromatic nitrogens is 3. The van der Waals surface area contributed by atoms with Crippen LogP contribution in [0.5, 0.6) is 0 Å². The lowest BCUT2D eigenvalue weighted by Crippen LogP contribution is -2.32. The molecule has 0 fully saturated rings. The molecule has 0 spiro atoms. The molecule has 0 unspecified atom stereocenters. The fourth-order valence-corrected chi connectivity index (χ4v) is 1.42. The number of hydrogen-bond acceptors (Lipinski definition) is 4. The molecule has 1 amide bonds. The Bertz CT molecular complexity index is 504. The lowest BCUT2D eigenvalue weighted by Gasteiger charge is -1.99. The van der Waals surface area contributed by atoms with E-state index in [9.17, 15) is 4.79 Å². The summed E-state index contributed by atoms with van der Waals surface area (Å²) in [5.41, 5.74) is 3.61. The summed E-state index contributed by atoms with van der Waals surface area (Å²) in [7, 11) is 1.82. The van der Waals surface area contributed by atoms with Gasteiger partial charge in [-0.05, 0) is 12.1 Å². The Kier molecular flexibility index (Phi) is 2.34. The van der Waals surface area contributed by atoms with E-state index in [4.69, 9.17) is 5.84 Å². The lowest BCUT2D eigenvalue weighted by molar-refractivity contribution is -0.120. The largest absolute Gasteiger partial charge is 0.315 e. The zero-order chi connectivity index (χ0) is 10.8. The number of rotatable bonds is 2. The number of nitrogens with zero attached hydrogens (tertiary/aromatic N) is 3. The molecular formula is C9H11N5O. The second kappa shape index (κ2) is 3.66. The van der Waals surface area contributed by atoms with Crippen LogP contribution < -0.4 is 11.3 Å². The van der Waals surface area contributed by atoms with Crippen molar-refractivity contribution >= 4 is 17.1 Å². The third kappa shape index (κ3) is 1.66. The fraction of sp³-hybridized carbons (Fsp3) is 0.222. The maximum absolute atomic E-state index is 11.1. The molecule has 0 bridgehead atoms. The van der Waals surface area contributed by atoms with Crippen molar-refractivity contribution in [2.45, 2.75) is 6.42 Å². The first-order valence-electron chi connectivity index (χ1n) is 4.48. The molecule has 0 radical (unpaired) electrons. The molecule has 2 rings (SSSR count). The standard InChI is InChI=1S/C9H11N5O/c1-14-7(5-8(15)13-10)12-6-3-2-4-11-9(6)14/h2-4H,5,10H2,1H3,(H,13,15). The number of nitrogens with one attached hydrogen (secondary N) is 1. The van der Waals surface area contributed by atoms with E-state index >= 15 is 0 Å². The second-order valence-electron chi connectivity index (χ2n) is 3.18. The van der Waals surface area contributed by atoms with E-state index in [0.29, 0.717) is 5.82 Å². The third-order valence-corrected chi connectivity index (χ3v) is 2.20. The minimum atomic E-state index is -0.270. The van der Waals surface area contributed by atoms with Crippen molar-refractivity contribution in [2.24, 2.45) is 12.9 Å². The Morgan fingerprint density at radius 3 is 3.13 bits per heavy atom. The second-order valence-corrected chi connectivity index (χ2v) is 3.18. The first kappa shape index (κ1) is 9.60. The molecule has 0 aliphatic carbocycles. The SMILES string of the molecule is Cn1c(CC(=O)NN)nc2cccnc21. The van der Waals surface area contributed by atoms with Crippen molar-refractivity contribution in [1.82, 2.24) is 20.0 Å². The van der Waals surface area contributed by atoms with Crippen molar-refractivity contribution in [2.75, 3.05) is 0 Å². The molecule has 2 aromatic rings. The van der Waals surface area contributed by atoms with Crippen LogP contribution in [0.25, 0.3) is 11.2 Å². The maximum atomic E-state index is 11.1. The Hall–Kier alpha value is -1.95. The molecule has 0 aliphatic rings. The molecule has 0 atom stereocenters. The van der Waals surface area contributed by atoms with Crippen LogP contribution in [0.3, 0.4) is 0 Å². The number of fused-ring (bicyclic) bond motifs is 1. The van der Waals surface area contributed by atoms with Crippen LogP contribution in [-0.4, -0.2) is 20.4 Å². The number of hydrazine groups is 1. The zero-order valence-electron chi connectivity index (χ0n) is 8.27. The van der Waals surface area contributed by atoms with Gasteiger partial charge in [-0.3, -0.25) is 10.2 Å². The first-order chi connectivity index (χ1) is 7.22. The highest BCUT2D eigenvalue weighted by Gasteiger charge is 2.10. The monoisotopic (exact) mass is 205 g/mol. The Labute approximate surface area is 86.1 Å². The molecule has 0 aliphatic heterocycles. The number of carbonyl (C=O) groups is 1. The van der Waals surface area contributed by atoms with Crippen molar-refractivity contribution in [3.63, 3.8) is 0 Å². The van der Waals surface area contributed by atoms with Gasteiger partial charge >= 0.3 is 0 Å². The van der Waals surface area contributed by atoms with Gasteiger partial charge in [0.25, 0.3) is 0 Å². The van der Waals surface area contributed by atoms with Gasteiger partial charge in [0.05, 0.1) is 6.42 Å². The number of nitrogens with two attached hydrogens (primary N) is 1. The third-order valence-electron chi connectivity index (χ3n) is 2.20. The smallest absolute Gasteiger partial charge is 0.241 e. The summed E-state index contributed by atoms with van der Waals surface area (Å²) >= 11 is 0. The summed E-state index contributed by atoms with van der Waals surface area (Å²) in [5.74, 6) is 5.39. The van der Waals surface area contributed by atoms with Gasteiger partial charge in [-0.2, -0.15) is 0 Å². The van der Waals surface area contributed by atoms with Gasteiger partial charge in [0.15, 0.2) is 5.65 Å². The molecule has 6 heteroatoms. The van der Waals surface area contributed by atoms with Crippen molar-refractivity contribution in [3.05, 3.63) is 24.2 Å². The Morgan fingerprint density at radius 1 is 1.67 bits per heavy atom. The van der Waals surface area contributed by atoms with E-state index in [1.165, 1.54) is 0 Å². The summed E-state index contributed by atoms with van der Waals surface area (Å²) in [5, 5.41) is 0. The van der Waals surface area contributed by atoms with E-state index in [1.807, 2.05) is 19.2 Å². The molecule has 0 saturated carbocycles. The quantitative estimate of drug-likeness (QED) is 0.393. The summed E-state index contributed by atoms with van der Waals surface area (Å²) in [6.45, 7) is 0. The van der Waals surface area contributed by atoms with Crippen molar-refractivity contribution in [1.29, 1.82) is 0 Å². The normalized spacial score (nSPS) is 10.5. The number of carbonyl (C=O) groups excluding carboxylic acids is 1. The van der Waals surface area contributed by atoms with E-state index in [2.05, 4.69) is 15.4 Å². The minimum absolute atomic E-state index is 0.156. The number of imidazole rings is 1. The number of aryl methyl sites for hydroxylation is 1.